The molecule has 0 aliphatic heterocycles. The molecule has 0 saturated carbocycles. The van der Waals surface area contributed by atoms with Crippen molar-refractivity contribution in [2.45, 2.75) is 19.1 Å². The third-order valence-corrected chi connectivity index (χ3v) is 3.39. The van der Waals surface area contributed by atoms with Crippen LogP contribution in [0, 0.1) is 5.82 Å². The normalized spacial score (nSPS) is 13.0. The van der Waals surface area contributed by atoms with E-state index in [0.29, 0.717) is 5.56 Å². The van der Waals surface area contributed by atoms with Crippen molar-refractivity contribution in [3.8, 4) is 0 Å². The molecule has 0 heterocycles. The molecule has 24 heavy (non-hydrogen) atoms. The Balaban J connectivity index is 2.21. The second-order valence-electron chi connectivity index (χ2n) is 5.07. The number of carbonyl (C=O) groups excluding carboxylic acids is 2. The van der Waals surface area contributed by atoms with Crippen LogP contribution in [-0.4, -0.2) is 29.6 Å². The van der Waals surface area contributed by atoms with Crippen LogP contribution in [0.2, 0.25) is 0 Å². The van der Waals surface area contributed by atoms with Crippen LogP contribution >= 0.6 is 0 Å². The lowest BCUT2D eigenvalue weighted by Crippen LogP contribution is -2.46. The fraction of sp³-hybridized carbons (Fsp3) is 0.222. The third-order valence-electron chi connectivity index (χ3n) is 3.39. The number of hydrogen-bond acceptors (Lipinski definition) is 4. The van der Waals surface area contributed by atoms with Crippen molar-refractivity contribution in [2.75, 3.05) is 6.61 Å². The second-order valence-corrected chi connectivity index (χ2v) is 5.07. The number of halogens is 1. The Morgan fingerprint density at radius 1 is 1.12 bits per heavy atom. The first-order valence-corrected chi connectivity index (χ1v) is 7.49. The maximum absolute atomic E-state index is 12.9. The van der Waals surface area contributed by atoms with Crippen LogP contribution < -0.4 is 5.32 Å². The fourth-order valence-corrected chi connectivity index (χ4v) is 2.17. The van der Waals surface area contributed by atoms with Crippen LogP contribution in [0.3, 0.4) is 0 Å². The molecule has 0 spiro atoms. The smallest absolute Gasteiger partial charge is 0.331 e. The van der Waals surface area contributed by atoms with Crippen molar-refractivity contribution in [3.05, 3.63) is 71.5 Å². The van der Waals surface area contributed by atoms with Gasteiger partial charge < -0.3 is 15.2 Å². The Kier molecular flexibility index (Phi) is 6.03. The van der Waals surface area contributed by atoms with E-state index in [-0.39, 0.29) is 12.2 Å². The Labute approximate surface area is 139 Å². The van der Waals surface area contributed by atoms with Crippen LogP contribution in [0.25, 0.3) is 0 Å². The van der Waals surface area contributed by atoms with E-state index in [1.807, 2.05) is 0 Å². The number of esters is 1. The first-order chi connectivity index (χ1) is 11.5. The van der Waals surface area contributed by atoms with E-state index in [2.05, 4.69) is 5.32 Å². The van der Waals surface area contributed by atoms with Gasteiger partial charge in [0.05, 0.1) is 6.61 Å². The zero-order chi connectivity index (χ0) is 17.5. The standard InChI is InChI=1S/C18H18FNO4/c1-2-24-18(23)15(16(21)12-6-4-3-5-7-12)20-17(22)13-8-10-14(19)11-9-13/h3-11,15-16,21H,2H2,1H3,(H,20,22). The van der Waals surface area contributed by atoms with Gasteiger partial charge in [-0.2, -0.15) is 0 Å². The molecule has 1 amide bonds. The van der Waals surface area contributed by atoms with Crippen LogP contribution in [0.4, 0.5) is 4.39 Å². The van der Waals surface area contributed by atoms with Gasteiger partial charge in [-0.15, -0.1) is 0 Å². The Hall–Kier alpha value is -2.73. The average molecular weight is 331 g/mol. The number of nitrogens with one attached hydrogen (secondary N) is 1. The zero-order valence-electron chi connectivity index (χ0n) is 13.1. The molecule has 0 saturated heterocycles. The topological polar surface area (TPSA) is 75.6 Å². The molecule has 0 aliphatic rings. The van der Waals surface area contributed by atoms with Crippen molar-refractivity contribution < 1.29 is 23.8 Å². The fourth-order valence-electron chi connectivity index (χ4n) is 2.17. The molecule has 0 aliphatic carbocycles. The lowest BCUT2D eigenvalue weighted by atomic mass is 10.0. The number of aliphatic hydroxyl groups excluding tert-OH is 1. The number of hydrogen-bond donors (Lipinski definition) is 2. The predicted molar refractivity (Wildman–Crippen MR) is 85.7 cm³/mol. The van der Waals surface area contributed by atoms with Crippen molar-refractivity contribution in [1.29, 1.82) is 0 Å². The molecule has 2 aromatic rings. The van der Waals surface area contributed by atoms with Gasteiger partial charge in [-0.05, 0) is 36.8 Å². The molecule has 126 valence electrons. The number of benzene rings is 2. The lowest BCUT2D eigenvalue weighted by Gasteiger charge is -2.22. The highest BCUT2D eigenvalue weighted by atomic mass is 19.1. The molecular weight excluding hydrogens is 313 g/mol. The Morgan fingerprint density at radius 3 is 2.33 bits per heavy atom. The van der Waals surface area contributed by atoms with Crippen molar-refractivity contribution in [3.63, 3.8) is 0 Å². The molecule has 0 aromatic heterocycles. The molecule has 2 aromatic carbocycles. The Bertz CT molecular complexity index is 688. The highest BCUT2D eigenvalue weighted by Crippen LogP contribution is 2.18. The number of carbonyl (C=O) groups is 2. The van der Waals surface area contributed by atoms with E-state index >= 15 is 0 Å². The summed E-state index contributed by atoms with van der Waals surface area (Å²) in [6.07, 6.45) is -1.27. The van der Waals surface area contributed by atoms with Gasteiger partial charge in [0, 0.05) is 5.56 Å². The molecule has 0 bridgehead atoms. The first kappa shape index (κ1) is 17.6. The van der Waals surface area contributed by atoms with Crippen LogP contribution in [0.5, 0.6) is 0 Å². The minimum atomic E-state index is -1.27. The summed E-state index contributed by atoms with van der Waals surface area (Å²) in [7, 11) is 0. The molecule has 0 fully saturated rings. The molecule has 6 heteroatoms. The summed E-state index contributed by atoms with van der Waals surface area (Å²) in [6.45, 7) is 1.74. The summed E-state index contributed by atoms with van der Waals surface area (Å²) < 4.78 is 17.9. The summed E-state index contributed by atoms with van der Waals surface area (Å²) in [4.78, 5) is 24.4. The summed E-state index contributed by atoms with van der Waals surface area (Å²) in [6, 6.07) is 12.1. The summed E-state index contributed by atoms with van der Waals surface area (Å²) in [5.74, 6) is -1.83. The quantitative estimate of drug-likeness (QED) is 0.796. The van der Waals surface area contributed by atoms with Crippen LogP contribution in [0.1, 0.15) is 28.9 Å². The number of rotatable bonds is 6. The van der Waals surface area contributed by atoms with Gasteiger partial charge in [0.15, 0.2) is 6.04 Å². The molecular formula is C18H18FNO4. The predicted octanol–water partition coefficient (Wildman–Crippen LogP) is 2.22. The average Bonchev–Trinajstić information content (AvgIpc) is 2.60. The van der Waals surface area contributed by atoms with Gasteiger partial charge in [0.1, 0.15) is 11.9 Å². The number of ether oxygens (including phenoxy) is 1. The summed E-state index contributed by atoms with van der Waals surface area (Å²) in [5, 5.41) is 12.9. The van der Waals surface area contributed by atoms with Gasteiger partial charge >= 0.3 is 5.97 Å². The summed E-state index contributed by atoms with van der Waals surface area (Å²) in [5.41, 5.74) is 0.640. The maximum atomic E-state index is 12.9. The highest BCUT2D eigenvalue weighted by molar-refractivity contribution is 5.96. The number of amides is 1. The highest BCUT2D eigenvalue weighted by Gasteiger charge is 2.31. The van der Waals surface area contributed by atoms with E-state index in [9.17, 15) is 19.1 Å². The number of aliphatic hydroxyl groups is 1. The van der Waals surface area contributed by atoms with Gasteiger partial charge in [0.2, 0.25) is 0 Å². The largest absolute Gasteiger partial charge is 0.464 e. The van der Waals surface area contributed by atoms with E-state index in [1.54, 1.807) is 37.3 Å². The lowest BCUT2D eigenvalue weighted by molar-refractivity contribution is -0.148. The molecule has 2 rings (SSSR count). The first-order valence-electron chi connectivity index (χ1n) is 7.49. The van der Waals surface area contributed by atoms with Crippen LogP contribution in [0.15, 0.2) is 54.6 Å². The minimum Gasteiger partial charge on any atom is -0.464 e. The molecule has 2 unspecified atom stereocenters. The van der Waals surface area contributed by atoms with E-state index < -0.39 is 29.8 Å². The van der Waals surface area contributed by atoms with Gasteiger partial charge in [-0.25, -0.2) is 9.18 Å². The molecule has 2 atom stereocenters. The third kappa shape index (κ3) is 4.39. The monoisotopic (exact) mass is 331 g/mol. The molecule has 0 radical (unpaired) electrons. The van der Waals surface area contributed by atoms with E-state index in [0.717, 1.165) is 12.1 Å². The van der Waals surface area contributed by atoms with E-state index in [1.165, 1.54) is 12.1 Å². The van der Waals surface area contributed by atoms with Crippen LogP contribution in [-0.2, 0) is 9.53 Å². The SMILES string of the molecule is CCOC(=O)C(NC(=O)c1ccc(F)cc1)C(O)c1ccccc1. The van der Waals surface area contributed by atoms with Crippen molar-refractivity contribution in [2.24, 2.45) is 0 Å². The van der Waals surface area contributed by atoms with Crippen molar-refractivity contribution in [1.82, 2.24) is 5.32 Å². The van der Waals surface area contributed by atoms with Gasteiger partial charge in [-0.3, -0.25) is 4.79 Å². The molecule has 5 nitrogen and oxygen atoms in total. The second kappa shape index (κ2) is 8.21. The zero-order valence-corrected chi connectivity index (χ0v) is 13.1. The van der Waals surface area contributed by atoms with Gasteiger partial charge in [0.25, 0.3) is 5.91 Å². The minimum absolute atomic E-state index is 0.114. The van der Waals surface area contributed by atoms with E-state index in [4.69, 9.17) is 4.74 Å². The summed E-state index contributed by atoms with van der Waals surface area (Å²) >= 11 is 0. The van der Waals surface area contributed by atoms with Gasteiger partial charge in [-0.1, -0.05) is 30.3 Å². The maximum Gasteiger partial charge on any atom is 0.331 e. The Morgan fingerprint density at radius 2 is 1.75 bits per heavy atom. The molecule has 2 N–H and O–H groups in total. The van der Waals surface area contributed by atoms with Crippen molar-refractivity contribution >= 4 is 11.9 Å².